The lowest BCUT2D eigenvalue weighted by Gasteiger charge is -2.34. The van der Waals surface area contributed by atoms with E-state index in [1.165, 1.54) is 12.1 Å². The number of nitrogens with zero attached hydrogens (tertiary/aromatic N) is 5. The van der Waals surface area contributed by atoms with Crippen LogP contribution in [-0.2, 0) is 4.79 Å². The number of piperidine rings is 1. The van der Waals surface area contributed by atoms with Crippen molar-refractivity contribution in [3.63, 3.8) is 0 Å². The first-order valence-corrected chi connectivity index (χ1v) is 11.2. The first-order valence-electron chi connectivity index (χ1n) is 11.2. The predicted molar refractivity (Wildman–Crippen MR) is 117 cm³/mol. The first-order chi connectivity index (χ1) is 15.6. The Bertz CT molecular complexity index is 1100. The van der Waals surface area contributed by atoms with Crippen LogP contribution in [-0.4, -0.2) is 62.1 Å². The summed E-state index contributed by atoms with van der Waals surface area (Å²) in [5.74, 6) is 0.156. The van der Waals surface area contributed by atoms with Gasteiger partial charge in [-0.15, -0.1) is 0 Å². The zero-order valence-electron chi connectivity index (χ0n) is 17.9. The second-order valence-electron chi connectivity index (χ2n) is 8.48. The van der Waals surface area contributed by atoms with Crippen LogP contribution in [0, 0.1) is 11.7 Å². The Morgan fingerprint density at radius 1 is 0.938 bits per heavy atom. The largest absolute Gasteiger partial charge is 0.342 e. The summed E-state index contributed by atoms with van der Waals surface area (Å²) in [6.45, 7) is 2.70. The Balaban J connectivity index is 1.44. The van der Waals surface area contributed by atoms with E-state index in [0.29, 0.717) is 30.2 Å². The Labute approximate surface area is 186 Å². The molecule has 2 saturated heterocycles. The fraction of sp³-hybridized carbons (Fsp3) is 0.375. The fourth-order valence-corrected chi connectivity index (χ4v) is 4.72. The minimum absolute atomic E-state index is 0.138. The Kier molecular flexibility index (Phi) is 5.51. The van der Waals surface area contributed by atoms with E-state index in [2.05, 4.69) is 5.10 Å². The summed E-state index contributed by atoms with van der Waals surface area (Å²) in [6, 6.07) is 9.77. The fourth-order valence-electron chi connectivity index (χ4n) is 4.72. The van der Waals surface area contributed by atoms with Gasteiger partial charge in [0.2, 0.25) is 5.91 Å². The summed E-state index contributed by atoms with van der Waals surface area (Å²) >= 11 is 0. The van der Waals surface area contributed by atoms with Gasteiger partial charge < -0.3 is 14.4 Å². The molecule has 5 rings (SSSR count). The number of carbonyl (C=O) groups excluding carboxylic acids is 2. The van der Waals surface area contributed by atoms with Crippen LogP contribution in [0.25, 0.3) is 11.5 Å². The van der Waals surface area contributed by atoms with Crippen molar-refractivity contribution < 1.29 is 14.0 Å². The number of halogens is 1. The molecule has 0 aliphatic carbocycles. The average Bonchev–Trinajstić information content (AvgIpc) is 3.60. The van der Waals surface area contributed by atoms with E-state index in [1.807, 2.05) is 34.0 Å². The molecule has 2 amide bonds. The van der Waals surface area contributed by atoms with Gasteiger partial charge in [-0.25, -0.2) is 9.07 Å². The maximum atomic E-state index is 13.6. The van der Waals surface area contributed by atoms with Gasteiger partial charge in [0.05, 0.1) is 17.8 Å². The standard InChI is InChI=1S/C24H26FN5O2/c25-19-7-9-20(10-8-19)30-22(27-11-1-2-12-27)21(16-26-30)24(32)29-15-5-6-18(17-29)23(31)28-13-3-4-14-28/h1-2,7-12,16,18H,3-6,13-15,17H2. The Hall–Kier alpha value is -3.42. The average molecular weight is 436 g/mol. The molecule has 1 atom stereocenters. The molecule has 2 aliphatic rings. The molecule has 0 radical (unpaired) electrons. The number of rotatable bonds is 4. The zero-order valence-corrected chi connectivity index (χ0v) is 17.9. The molecule has 2 aromatic heterocycles. The molecule has 1 aromatic carbocycles. The number of likely N-dealkylation sites (tertiary alicyclic amines) is 2. The molecule has 0 saturated carbocycles. The van der Waals surface area contributed by atoms with Gasteiger partial charge in [0.25, 0.3) is 5.91 Å². The third-order valence-electron chi connectivity index (χ3n) is 6.37. The van der Waals surface area contributed by atoms with E-state index in [0.717, 1.165) is 38.8 Å². The first kappa shape index (κ1) is 20.5. The van der Waals surface area contributed by atoms with E-state index in [1.54, 1.807) is 27.9 Å². The molecular weight excluding hydrogens is 409 g/mol. The highest BCUT2D eigenvalue weighted by Gasteiger charge is 2.34. The van der Waals surface area contributed by atoms with Gasteiger partial charge in [0.1, 0.15) is 11.4 Å². The van der Waals surface area contributed by atoms with Crippen LogP contribution in [0.5, 0.6) is 0 Å². The molecule has 166 valence electrons. The lowest BCUT2D eigenvalue weighted by molar-refractivity contribution is -0.135. The molecule has 1 unspecified atom stereocenters. The third-order valence-corrected chi connectivity index (χ3v) is 6.37. The van der Waals surface area contributed by atoms with Gasteiger partial charge in [0.15, 0.2) is 5.82 Å². The summed E-state index contributed by atoms with van der Waals surface area (Å²) < 4.78 is 16.9. The number of aromatic nitrogens is 3. The maximum Gasteiger partial charge on any atom is 0.259 e. The summed E-state index contributed by atoms with van der Waals surface area (Å²) in [7, 11) is 0. The quantitative estimate of drug-likeness (QED) is 0.632. The summed E-state index contributed by atoms with van der Waals surface area (Å²) in [5.41, 5.74) is 1.12. The molecule has 0 bridgehead atoms. The molecule has 2 fully saturated rings. The number of hydrogen-bond donors (Lipinski definition) is 0. The molecule has 0 spiro atoms. The van der Waals surface area contributed by atoms with Crippen LogP contribution in [0.15, 0.2) is 55.0 Å². The van der Waals surface area contributed by atoms with Crippen molar-refractivity contribution in [3.05, 3.63) is 66.4 Å². The smallest absolute Gasteiger partial charge is 0.259 e. The van der Waals surface area contributed by atoms with Crippen LogP contribution >= 0.6 is 0 Å². The SMILES string of the molecule is O=C(c1cnn(-c2ccc(F)cc2)c1-n1cccc1)N1CCCC(C(=O)N2CCCC2)C1. The lowest BCUT2D eigenvalue weighted by atomic mass is 9.96. The molecular formula is C24H26FN5O2. The van der Waals surface area contributed by atoms with Crippen molar-refractivity contribution in [2.24, 2.45) is 5.92 Å². The highest BCUT2D eigenvalue weighted by Crippen LogP contribution is 2.26. The second-order valence-corrected chi connectivity index (χ2v) is 8.48. The van der Waals surface area contributed by atoms with E-state index >= 15 is 0 Å². The summed E-state index contributed by atoms with van der Waals surface area (Å²) in [5, 5.41) is 4.46. The minimum Gasteiger partial charge on any atom is -0.342 e. The third kappa shape index (κ3) is 3.81. The topological polar surface area (TPSA) is 63.4 Å². The van der Waals surface area contributed by atoms with E-state index in [4.69, 9.17) is 0 Å². The Morgan fingerprint density at radius 3 is 2.34 bits per heavy atom. The maximum absolute atomic E-state index is 13.6. The van der Waals surface area contributed by atoms with Crippen molar-refractivity contribution in [1.29, 1.82) is 0 Å². The highest BCUT2D eigenvalue weighted by molar-refractivity contribution is 5.97. The molecule has 7 nitrogen and oxygen atoms in total. The van der Waals surface area contributed by atoms with Crippen LogP contribution in [0.3, 0.4) is 0 Å². The van der Waals surface area contributed by atoms with Crippen molar-refractivity contribution in [2.45, 2.75) is 25.7 Å². The van der Waals surface area contributed by atoms with Gasteiger partial charge in [0, 0.05) is 38.6 Å². The lowest BCUT2D eigenvalue weighted by Crippen LogP contribution is -2.46. The number of hydrogen-bond acceptors (Lipinski definition) is 3. The molecule has 2 aliphatic heterocycles. The Morgan fingerprint density at radius 2 is 1.62 bits per heavy atom. The number of carbonyl (C=O) groups is 2. The van der Waals surface area contributed by atoms with Crippen LogP contribution in [0.1, 0.15) is 36.0 Å². The van der Waals surface area contributed by atoms with Crippen LogP contribution < -0.4 is 0 Å². The minimum atomic E-state index is -0.332. The van der Waals surface area contributed by atoms with E-state index in [-0.39, 0.29) is 23.5 Å². The van der Waals surface area contributed by atoms with Gasteiger partial charge >= 0.3 is 0 Å². The molecule has 0 N–H and O–H groups in total. The van der Waals surface area contributed by atoms with Gasteiger partial charge in [-0.1, -0.05) is 0 Å². The van der Waals surface area contributed by atoms with Gasteiger partial charge in [-0.05, 0) is 62.1 Å². The predicted octanol–water partition coefficient (Wildman–Crippen LogP) is 3.28. The molecule has 3 aromatic rings. The van der Waals surface area contributed by atoms with Crippen LogP contribution in [0.2, 0.25) is 0 Å². The van der Waals surface area contributed by atoms with E-state index in [9.17, 15) is 14.0 Å². The van der Waals surface area contributed by atoms with Crippen molar-refractivity contribution in [3.8, 4) is 11.5 Å². The van der Waals surface area contributed by atoms with E-state index < -0.39 is 0 Å². The zero-order chi connectivity index (χ0) is 22.1. The second kappa shape index (κ2) is 8.61. The number of amides is 2. The van der Waals surface area contributed by atoms with Gasteiger partial charge in [-0.2, -0.15) is 5.10 Å². The normalized spacial score (nSPS) is 18.8. The summed E-state index contributed by atoms with van der Waals surface area (Å²) in [4.78, 5) is 30.2. The molecule has 32 heavy (non-hydrogen) atoms. The monoisotopic (exact) mass is 435 g/mol. The van der Waals surface area contributed by atoms with Crippen molar-refractivity contribution in [1.82, 2.24) is 24.1 Å². The van der Waals surface area contributed by atoms with Crippen molar-refractivity contribution in [2.75, 3.05) is 26.2 Å². The highest BCUT2D eigenvalue weighted by atomic mass is 19.1. The molecule has 8 heteroatoms. The molecule has 4 heterocycles. The number of benzene rings is 1. The summed E-state index contributed by atoms with van der Waals surface area (Å²) in [6.07, 6.45) is 9.01. The van der Waals surface area contributed by atoms with Gasteiger partial charge in [-0.3, -0.25) is 9.59 Å². The van der Waals surface area contributed by atoms with Crippen LogP contribution in [0.4, 0.5) is 4.39 Å². The van der Waals surface area contributed by atoms with Crippen molar-refractivity contribution >= 4 is 11.8 Å².